The van der Waals surface area contributed by atoms with Crippen LogP contribution < -0.4 is 21.3 Å². The molecule has 0 radical (unpaired) electrons. The van der Waals surface area contributed by atoms with Crippen LogP contribution >= 0.6 is 11.6 Å². The Kier molecular flexibility index (Phi) is 5.78. The molecule has 0 bridgehead atoms. The quantitative estimate of drug-likeness (QED) is 0.687. The van der Waals surface area contributed by atoms with Crippen LogP contribution in [0.15, 0.2) is 24.3 Å². The van der Waals surface area contributed by atoms with Crippen molar-refractivity contribution in [3.63, 3.8) is 0 Å². The minimum atomic E-state index is -0.231. The molecule has 1 aromatic rings. The number of benzene rings is 1. The molecule has 0 spiro atoms. The van der Waals surface area contributed by atoms with E-state index in [1.54, 1.807) is 0 Å². The molecule has 7 nitrogen and oxygen atoms in total. The lowest BCUT2D eigenvalue weighted by Gasteiger charge is -2.37. The summed E-state index contributed by atoms with van der Waals surface area (Å²) in [5, 5.41) is 6.76. The standard InChI is InChI=1S/C17H24ClN5O2/c18-12-1-3-14(4-2-12)22-5-7-23(8-6-22)17(25)15-9-13(11-20-15)21-16(24)10-19/h1-4,13,15,20H,5-11,19H2,(H,21,24). The van der Waals surface area contributed by atoms with E-state index in [-0.39, 0.29) is 30.4 Å². The molecule has 0 aliphatic carbocycles. The number of nitrogens with one attached hydrogen (secondary N) is 2. The van der Waals surface area contributed by atoms with Crippen molar-refractivity contribution >= 4 is 29.1 Å². The molecule has 2 aliphatic heterocycles. The van der Waals surface area contributed by atoms with Gasteiger partial charge in [-0.25, -0.2) is 0 Å². The van der Waals surface area contributed by atoms with Crippen LogP contribution in [0.2, 0.25) is 5.02 Å². The molecule has 2 heterocycles. The van der Waals surface area contributed by atoms with Gasteiger partial charge in [-0.1, -0.05) is 11.6 Å². The van der Waals surface area contributed by atoms with E-state index in [0.717, 1.165) is 23.8 Å². The van der Waals surface area contributed by atoms with Gasteiger partial charge in [0.2, 0.25) is 11.8 Å². The minimum Gasteiger partial charge on any atom is -0.368 e. The predicted molar refractivity (Wildman–Crippen MR) is 97.6 cm³/mol. The highest BCUT2D eigenvalue weighted by Gasteiger charge is 2.34. The van der Waals surface area contributed by atoms with E-state index in [4.69, 9.17) is 17.3 Å². The molecule has 25 heavy (non-hydrogen) atoms. The lowest BCUT2D eigenvalue weighted by atomic mass is 10.1. The molecule has 2 atom stereocenters. The van der Waals surface area contributed by atoms with Gasteiger partial charge >= 0.3 is 0 Å². The lowest BCUT2D eigenvalue weighted by Crippen LogP contribution is -2.53. The van der Waals surface area contributed by atoms with Crippen molar-refractivity contribution in [2.45, 2.75) is 18.5 Å². The molecule has 2 aliphatic rings. The van der Waals surface area contributed by atoms with Crippen LogP contribution in [0.3, 0.4) is 0 Å². The summed E-state index contributed by atoms with van der Waals surface area (Å²) in [7, 11) is 0. The van der Waals surface area contributed by atoms with Gasteiger partial charge in [0.05, 0.1) is 12.6 Å². The summed E-state index contributed by atoms with van der Waals surface area (Å²) in [5.74, 6) is -0.0725. The molecule has 0 saturated carbocycles. The Balaban J connectivity index is 1.48. The molecule has 2 unspecified atom stereocenters. The SMILES string of the molecule is NCC(=O)NC1CNC(C(=O)N2CCN(c3ccc(Cl)cc3)CC2)C1. The third kappa shape index (κ3) is 4.42. The second kappa shape index (κ2) is 8.03. The van der Waals surface area contributed by atoms with E-state index in [1.807, 2.05) is 29.2 Å². The van der Waals surface area contributed by atoms with Crippen LogP contribution in [0.4, 0.5) is 5.69 Å². The van der Waals surface area contributed by atoms with Crippen molar-refractivity contribution in [3.05, 3.63) is 29.3 Å². The van der Waals surface area contributed by atoms with E-state index in [0.29, 0.717) is 26.1 Å². The summed E-state index contributed by atoms with van der Waals surface area (Å²) in [6.45, 7) is 3.56. The average molecular weight is 366 g/mol. The first-order chi connectivity index (χ1) is 12.1. The fourth-order valence-corrected chi connectivity index (χ4v) is 3.50. The van der Waals surface area contributed by atoms with Gasteiger partial charge in [-0.3, -0.25) is 9.59 Å². The van der Waals surface area contributed by atoms with Crippen molar-refractivity contribution in [1.29, 1.82) is 0 Å². The van der Waals surface area contributed by atoms with Crippen LogP contribution in [-0.4, -0.2) is 68.1 Å². The number of nitrogens with two attached hydrogens (primary N) is 1. The molecular formula is C17H24ClN5O2. The summed E-state index contributed by atoms with van der Waals surface area (Å²) in [6, 6.07) is 7.51. The highest BCUT2D eigenvalue weighted by atomic mass is 35.5. The number of halogens is 1. The van der Waals surface area contributed by atoms with Gasteiger partial charge in [0, 0.05) is 49.5 Å². The second-order valence-corrected chi connectivity index (χ2v) is 6.89. The topological polar surface area (TPSA) is 90.7 Å². The average Bonchev–Trinajstić information content (AvgIpc) is 3.10. The van der Waals surface area contributed by atoms with Gasteiger partial charge in [-0.2, -0.15) is 0 Å². The molecular weight excluding hydrogens is 342 g/mol. The van der Waals surface area contributed by atoms with Gasteiger partial charge < -0.3 is 26.2 Å². The normalized spacial score (nSPS) is 23.6. The molecule has 4 N–H and O–H groups in total. The fourth-order valence-electron chi connectivity index (χ4n) is 3.38. The van der Waals surface area contributed by atoms with Crippen LogP contribution in [0, 0.1) is 0 Å². The molecule has 2 amide bonds. The Hall–Kier alpha value is -1.83. The Morgan fingerprint density at radius 2 is 1.88 bits per heavy atom. The summed E-state index contributed by atoms with van der Waals surface area (Å²) in [4.78, 5) is 28.2. The summed E-state index contributed by atoms with van der Waals surface area (Å²) < 4.78 is 0. The second-order valence-electron chi connectivity index (χ2n) is 6.45. The zero-order chi connectivity index (χ0) is 17.8. The zero-order valence-electron chi connectivity index (χ0n) is 14.1. The van der Waals surface area contributed by atoms with E-state index in [1.165, 1.54) is 0 Å². The number of anilines is 1. The van der Waals surface area contributed by atoms with Crippen molar-refractivity contribution in [3.8, 4) is 0 Å². The first-order valence-corrected chi connectivity index (χ1v) is 8.96. The number of rotatable bonds is 4. The van der Waals surface area contributed by atoms with Crippen LogP contribution in [0.1, 0.15) is 6.42 Å². The number of hydrogen-bond acceptors (Lipinski definition) is 5. The van der Waals surface area contributed by atoms with Crippen LogP contribution in [0.5, 0.6) is 0 Å². The lowest BCUT2D eigenvalue weighted by molar-refractivity contribution is -0.133. The smallest absolute Gasteiger partial charge is 0.239 e. The third-order valence-corrected chi connectivity index (χ3v) is 5.01. The Bertz CT molecular complexity index is 616. The number of nitrogens with zero attached hydrogens (tertiary/aromatic N) is 2. The van der Waals surface area contributed by atoms with Gasteiger partial charge in [0.25, 0.3) is 0 Å². The van der Waals surface area contributed by atoms with Crippen molar-refractivity contribution in [2.75, 3.05) is 44.2 Å². The van der Waals surface area contributed by atoms with Crippen LogP contribution in [-0.2, 0) is 9.59 Å². The molecule has 2 saturated heterocycles. The van der Waals surface area contributed by atoms with E-state index in [2.05, 4.69) is 15.5 Å². The highest BCUT2D eigenvalue weighted by Crippen LogP contribution is 2.20. The number of amides is 2. The van der Waals surface area contributed by atoms with Gasteiger partial charge in [-0.05, 0) is 30.7 Å². The zero-order valence-corrected chi connectivity index (χ0v) is 14.8. The molecule has 8 heteroatoms. The van der Waals surface area contributed by atoms with Crippen molar-refractivity contribution < 1.29 is 9.59 Å². The minimum absolute atomic E-state index is 0.0260. The molecule has 1 aromatic carbocycles. The van der Waals surface area contributed by atoms with Crippen molar-refractivity contribution in [1.82, 2.24) is 15.5 Å². The Morgan fingerprint density at radius 1 is 1.20 bits per heavy atom. The maximum absolute atomic E-state index is 12.7. The third-order valence-electron chi connectivity index (χ3n) is 4.76. The van der Waals surface area contributed by atoms with E-state index >= 15 is 0 Å². The monoisotopic (exact) mass is 365 g/mol. The number of carbonyl (C=O) groups is 2. The molecule has 3 rings (SSSR count). The molecule has 136 valence electrons. The highest BCUT2D eigenvalue weighted by molar-refractivity contribution is 6.30. The largest absolute Gasteiger partial charge is 0.368 e. The predicted octanol–water partition coefficient (Wildman–Crippen LogP) is -0.206. The Morgan fingerprint density at radius 3 is 2.52 bits per heavy atom. The van der Waals surface area contributed by atoms with Crippen molar-refractivity contribution in [2.24, 2.45) is 5.73 Å². The molecule has 2 fully saturated rings. The first-order valence-electron chi connectivity index (χ1n) is 8.59. The Labute approximate surface area is 152 Å². The molecule has 0 aromatic heterocycles. The number of carbonyl (C=O) groups excluding carboxylic acids is 2. The van der Waals surface area contributed by atoms with E-state index in [9.17, 15) is 9.59 Å². The summed E-state index contributed by atoms with van der Waals surface area (Å²) in [5.41, 5.74) is 6.44. The number of piperazine rings is 1. The van der Waals surface area contributed by atoms with E-state index < -0.39 is 0 Å². The number of hydrogen-bond donors (Lipinski definition) is 3. The van der Waals surface area contributed by atoms with Gasteiger partial charge in [-0.15, -0.1) is 0 Å². The summed E-state index contributed by atoms with van der Waals surface area (Å²) in [6.07, 6.45) is 0.613. The maximum atomic E-state index is 12.7. The first kappa shape index (κ1) is 18.0. The summed E-state index contributed by atoms with van der Waals surface area (Å²) >= 11 is 5.93. The maximum Gasteiger partial charge on any atom is 0.239 e. The fraction of sp³-hybridized carbons (Fsp3) is 0.529. The van der Waals surface area contributed by atoms with Gasteiger partial charge in [0.15, 0.2) is 0 Å². The van der Waals surface area contributed by atoms with Crippen LogP contribution in [0.25, 0.3) is 0 Å². The van der Waals surface area contributed by atoms with Gasteiger partial charge in [0.1, 0.15) is 0 Å².